The molecule has 0 fully saturated rings. The minimum atomic E-state index is -0.913. The molecule has 1 aromatic heterocycles. The van der Waals surface area contributed by atoms with Crippen molar-refractivity contribution in [2.75, 3.05) is 39.1 Å². The fraction of sp³-hybridized carbons (Fsp3) is 0.538. The SMILES string of the molecule is Cc1cc(C(=O)O)cc(N(C)CCCN(C)C)n1. The van der Waals surface area contributed by atoms with Crippen molar-refractivity contribution < 1.29 is 9.90 Å². The van der Waals surface area contributed by atoms with Crippen molar-refractivity contribution in [3.8, 4) is 0 Å². The molecule has 1 aromatic rings. The van der Waals surface area contributed by atoms with E-state index in [1.54, 1.807) is 12.1 Å². The molecule has 0 aliphatic carbocycles. The van der Waals surface area contributed by atoms with E-state index in [0.717, 1.165) is 25.2 Å². The number of carboxylic acid groups (broad SMARTS) is 1. The summed E-state index contributed by atoms with van der Waals surface area (Å²) in [6.07, 6.45) is 1.02. The molecule has 0 unspecified atom stereocenters. The van der Waals surface area contributed by atoms with Gasteiger partial charge in [0.25, 0.3) is 0 Å². The van der Waals surface area contributed by atoms with Crippen LogP contribution >= 0.6 is 0 Å². The highest BCUT2D eigenvalue weighted by Gasteiger charge is 2.09. The molecule has 100 valence electrons. The minimum absolute atomic E-state index is 0.289. The summed E-state index contributed by atoms with van der Waals surface area (Å²) in [6.45, 7) is 3.67. The second-order valence-corrected chi connectivity index (χ2v) is 4.74. The van der Waals surface area contributed by atoms with Gasteiger partial charge in [-0.3, -0.25) is 0 Å². The average Bonchev–Trinajstić information content (AvgIpc) is 2.27. The third kappa shape index (κ3) is 4.33. The van der Waals surface area contributed by atoms with Crippen LogP contribution in [0, 0.1) is 6.92 Å². The molecule has 1 rings (SSSR count). The van der Waals surface area contributed by atoms with Gasteiger partial charge in [-0.2, -0.15) is 0 Å². The highest BCUT2D eigenvalue weighted by Crippen LogP contribution is 2.14. The Morgan fingerprint density at radius 3 is 2.50 bits per heavy atom. The molecule has 0 radical (unpaired) electrons. The van der Waals surface area contributed by atoms with E-state index in [4.69, 9.17) is 5.11 Å². The quantitative estimate of drug-likeness (QED) is 0.830. The van der Waals surface area contributed by atoms with Gasteiger partial charge in [0.15, 0.2) is 0 Å². The molecule has 0 saturated heterocycles. The normalized spacial score (nSPS) is 10.7. The molecule has 0 aliphatic heterocycles. The van der Waals surface area contributed by atoms with Crippen LogP contribution in [0.1, 0.15) is 22.5 Å². The third-order valence-electron chi connectivity index (χ3n) is 2.68. The van der Waals surface area contributed by atoms with Gasteiger partial charge in [0.05, 0.1) is 5.56 Å². The van der Waals surface area contributed by atoms with Gasteiger partial charge < -0.3 is 14.9 Å². The van der Waals surface area contributed by atoms with E-state index in [1.807, 2.05) is 33.0 Å². The van der Waals surface area contributed by atoms with Gasteiger partial charge in [0.1, 0.15) is 5.82 Å². The average molecular weight is 251 g/mol. The molecule has 18 heavy (non-hydrogen) atoms. The summed E-state index contributed by atoms with van der Waals surface area (Å²) >= 11 is 0. The second-order valence-electron chi connectivity index (χ2n) is 4.74. The molecule has 0 amide bonds. The lowest BCUT2D eigenvalue weighted by molar-refractivity contribution is 0.0696. The monoisotopic (exact) mass is 251 g/mol. The Balaban J connectivity index is 2.73. The molecule has 0 saturated carbocycles. The highest BCUT2D eigenvalue weighted by molar-refractivity contribution is 5.88. The number of aromatic carboxylic acids is 1. The first-order chi connectivity index (χ1) is 8.40. The molecule has 5 nitrogen and oxygen atoms in total. The van der Waals surface area contributed by atoms with E-state index in [2.05, 4.69) is 9.88 Å². The van der Waals surface area contributed by atoms with E-state index in [1.165, 1.54) is 0 Å². The van der Waals surface area contributed by atoms with Crippen molar-refractivity contribution in [1.82, 2.24) is 9.88 Å². The molecular formula is C13H21N3O2. The van der Waals surface area contributed by atoms with E-state index in [0.29, 0.717) is 5.82 Å². The number of aromatic nitrogens is 1. The van der Waals surface area contributed by atoms with Gasteiger partial charge in [0, 0.05) is 19.3 Å². The van der Waals surface area contributed by atoms with Crippen molar-refractivity contribution >= 4 is 11.8 Å². The predicted octanol–water partition coefficient (Wildman–Crippen LogP) is 1.48. The van der Waals surface area contributed by atoms with Gasteiger partial charge in [-0.25, -0.2) is 9.78 Å². The van der Waals surface area contributed by atoms with Crippen LogP contribution < -0.4 is 4.90 Å². The zero-order valence-electron chi connectivity index (χ0n) is 11.5. The van der Waals surface area contributed by atoms with E-state index in [9.17, 15) is 4.79 Å². The second kappa shape index (κ2) is 6.35. The van der Waals surface area contributed by atoms with Crippen LogP contribution in [0.4, 0.5) is 5.82 Å². The van der Waals surface area contributed by atoms with Crippen molar-refractivity contribution in [2.45, 2.75) is 13.3 Å². The van der Waals surface area contributed by atoms with Gasteiger partial charge in [0.2, 0.25) is 0 Å². The maximum absolute atomic E-state index is 11.0. The number of pyridine rings is 1. The smallest absolute Gasteiger partial charge is 0.335 e. The highest BCUT2D eigenvalue weighted by atomic mass is 16.4. The summed E-state index contributed by atoms with van der Waals surface area (Å²) in [6, 6.07) is 3.20. The lowest BCUT2D eigenvalue weighted by Crippen LogP contribution is -2.24. The van der Waals surface area contributed by atoms with Crippen LogP contribution in [0.15, 0.2) is 12.1 Å². The molecule has 0 spiro atoms. The zero-order valence-corrected chi connectivity index (χ0v) is 11.5. The molecule has 0 aliphatic rings. The van der Waals surface area contributed by atoms with Crippen LogP contribution in [0.3, 0.4) is 0 Å². The molecule has 0 bridgehead atoms. The summed E-state index contributed by atoms with van der Waals surface area (Å²) in [7, 11) is 6.00. The van der Waals surface area contributed by atoms with E-state index >= 15 is 0 Å². The Hall–Kier alpha value is -1.62. The standard InChI is InChI=1S/C13H21N3O2/c1-10-8-11(13(17)18)9-12(14-10)16(4)7-5-6-15(2)3/h8-9H,5-7H2,1-4H3,(H,17,18). The molecule has 1 heterocycles. The lowest BCUT2D eigenvalue weighted by atomic mass is 10.2. The van der Waals surface area contributed by atoms with Crippen LogP contribution in [-0.2, 0) is 0 Å². The summed E-state index contributed by atoms with van der Waals surface area (Å²) in [5.74, 6) is -0.199. The Morgan fingerprint density at radius 2 is 1.94 bits per heavy atom. The Morgan fingerprint density at radius 1 is 1.28 bits per heavy atom. The van der Waals surface area contributed by atoms with Crippen molar-refractivity contribution in [1.29, 1.82) is 0 Å². The van der Waals surface area contributed by atoms with Gasteiger partial charge in [-0.15, -0.1) is 0 Å². The molecule has 1 N–H and O–H groups in total. The van der Waals surface area contributed by atoms with Crippen LogP contribution in [0.25, 0.3) is 0 Å². The number of nitrogens with zero attached hydrogens (tertiary/aromatic N) is 3. The van der Waals surface area contributed by atoms with E-state index < -0.39 is 5.97 Å². The Bertz CT molecular complexity index is 419. The fourth-order valence-electron chi connectivity index (χ4n) is 1.71. The van der Waals surface area contributed by atoms with E-state index in [-0.39, 0.29) is 5.56 Å². The zero-order chi connectivity index (χ0) is 13.7. The van der Waals surface area contributed by atoms with Gasteiger partial charge >= 0.3 is 5.97 Å². The number of hydrogen-bond acceptors (Lipinski definition) is 4. The number of hydrogen-bond donors (Lipinski definition) is 1. The summed E-state index contributed by atoms with van der Waals surface area (Å²) < 4.78 is 0. The Labute approximate surface area is 108 Å². The van der Waals surface area contributed by atoms with Gasteiger partial charge in [-0.05, 0) is 46.1 Å². The van der Waals surface area contributed by atoms with Crippen molar-refractivity contribution in [3.05, 3.63) is 23.4 Å². The number of carboxylic acids is 1. The molecule has 0 aromatic carbocycles. The minimum Gasteiger partial charge on any atom is -0.478 e. The summed E-state index contributed by atoms with van der Waals surface area (Å²) in [5, 5.41) is 9.01. The molecular weight excluding hydrogens is 230 g/mol. The first kappa shape index (κ1) is 14.4. The first-order valence-electron chi connectivity index (χ1n) is 5.98. The molecule has 0 atom stereocenters. The Kier molecular flexibility index (Phi) is 5.09. The molecule has 5 heteroatoms. The number of anilines is 1. The van der Waals surface area contributed by atoms with Crippen molar-refractivity contribution in [2.24, 2.45) is 0 Å². The largest absolute Gasteiger partial charge is 0.478 e. The number of rotatable bonds is 6. The van der Waals surface area contributed by atoms with Crippen molar-refractivity contribution in [3.63, 3.8) is 0 Å². The fourth-order valence-corrected chi connectivity index (χ4v) is 1.71. The number of aryl methyl sites for hydroxylation is 1. The first-order valence-corrected chi connectivity index (χ1v) is 5.98. The summed E-state index contributed by atoms with van der Waals surface area (Å²) in [5.41, 5.74) is 1.02. The lowest BCUT2D eigenvalue weighted by Gasteiger charge is -2.20. The van der Waals surface area contributed by atoms with Crippen LogP contribution in [0.2, 0.25) is 0 Å². The number of carbonyl (C=O) groups is 1. The third-order valence-corrected chi connectivity index (χ3v) is 2.68. The predicted molar refractivity (Wildman–Crippen MR) is 72.4 cm³/mol. The maximum Gasteiger partial charge on any atom is 0.335 e. The summed E-state index contributed by atoms with van der Waals surface area (Å²) in [4.78, 5) is 19.5. The van der Waals surface area contributed by atoms with Crippen LogP contribution in [-0.4, -0.2) is 55.2 Å². The topological polar surface area (TPSA) is 56.7 Å². The van der Waals surface area contributed by atoms with Crippen LogP contribution in [0.5, 0.6) is 0 Å². The van der Waals surface area contributed by atoms with Gasteiger partial charge in [-0.1, -0.05) is 0 Å². The maximum atomic E-state index is 11.0.